The molecule has 1 aromatic heterocycles. The third-order valence-corrected chi connectivity index (χ3v) is 2.28. The molecule has 1 aromatic carbocycles. The first-order valence-electron chi connectivity index (χ1n) is 4.76. The van der Waals surface area contributed by atoms with Crippen LogP contribution in [0.3, 0.4) is 0 Å². The molecule has 76 valence electrons. The third-order valence-electron chi connectivity index (χ3n) is 2.28. The maximum atomic E-state index is 9.18. The monoisotopic (exact) mass is 200 g/mol. The van der Waals surface area contributed by atoms with Crippen molar-refractivity contribution in [3.63, 3.8) is 0 Å². The first kappa shape index (κ1) is 9.74. The highest BCUT2D eigenvalue weighted by Crippen LogP contribution is 2.26. The van der Waals surface area contributed by atoms with Gasteiger partial charge in [0.05, 0.1) is 6.61 Å². The molecule has 0 aliphatic rings. The van der Waals surface area contributed by atoms with E-state index in [0.29, 0.717) is 0 Å². The van der Waals surface area contributed by atoms with E-state index in [1.54, 1.807) is 6.08 Å². The normalized spacial score (nSPS) is 10.2. The van der Waals surface area contributed by atoms with Crippen molar-refractivity contribution in [1.29, 1.82) is 0 Å². The van der Waals surface area contributed by atoms with Crippen LogP contribution in [-0.4, -0.2) is 5.11 Å². The third kappa shape index (κ3) is 1.85. The molecule has 0 radical (unpaired) electrons. The highest BCUT2D eigenvalue weighted by Gasteiger charge is 2.06. The Balaban J connectivity index is 2.48. The van der Waals surface area contributed by atoms with Crippen molar-refractivity contribution < 1.29 is 9.52 Å². The number of aliphatic hydroxyl groups excluding tert-OH is 1. The zero-order chi connectivity index (χ0) is 10.7. The fraction of sp³-hybridized carbons (Fsp3) is 0.0769. The SMILES string of the molecule is C=Cc1ccc(-c2ccccc2CO)o1. The van der Waals surface area contributed by atoms with E-state index in [2.05, 4.69) is 6.58 Å². The van der Waals surface area contributed by atoms with Crippen LogP contribution in [0.2, 0.25) is 0 Å². The molecule has 0 unspecified atom stereocenters. The summed E-state index contributed by atoms with van der Waals surface area (Å²) in [5.41, 5.74) is 1.79. The predicted molar refractivity (Wildman–Crippen MR) is 60.2 cm³/mol. The summed E-state index contributed by atoms with van der Waals surface area (Å²) in [6.07, 6.45) is 1.66. The summed E-state index contributed by atoms with van der Waals surface area (Å²) < 4.78 is 5.53. The smallest absolute Gasteiger partial charge is 0.135 e. The Bertz CT molecular complexity index is 469. The molecule has 0 fully saturated rings. The van der Waals surface area contributed by atoms with E-state index in [1.165, 1.54) is 0 Å². The van der Waals surface area contributed by atoms with E-state index in [-0.39, 0.29) is 6.61 Å². The number of hydrogen-bond acceptors (Lipinski definition) is 2. The van der Waals surface area contributed by atoms with Crippen LogP contribution in [0.1, 0.15) is 11.3 Å². The molecule has 0 saturated heterocycles. The van der Waals surface area contributed by atoms with Gasteiger partial charge in [0, 0.05) is 5.56 Å². The molecule has 2 heteroatoms. The predicted octanol–water partition coefficient (Wildman–Crippen LogP) is 3.08. The van der Waals surface area contributed by atoms with Crippen molar-refractivity contribution in [2.24, 2.45) is 0 Å². The van der Waals surface area contributed by atoms with Gasteiger partial charge < -0.3 is 9.52 Å². The van der Waals surface area contributed by atoms with Gasteiger partial charge in [-0.25, -0.2) is 0 Å². The van der Waals surface area contributed by atoms with Crippen LogP contribution in [0.25, 0.3) is 17.4 Å². The fourth-order valence-corrected chi connectivity index (χ4v) is 1.51. The minimum atomic E-state index is 0.0142. The lowest BCUT2D eigenvalue weighted by Gasteiger charge is -2.03. The van der Waals surface area contributed by atoms with Gasteiger partial charge in [0.15, 0.2) is 0 Å². The standard InChI is InChI=1S/C13H12O2/c1-2-11-7-8-13(15-11)12-6-4-3-5-10(12)9-14/h2-8,14H,1,9H2. The lowest BCUT2D eigenvalue weighted by atomic mass is 10.1. The average molecular weight is 200 g/mol. The van der Waals surface area contributed by atoms with Crippen molar-refractivity contribution in [1.82, 2.24) is 0 Å². The average Bonchev–Trinajstić information content (AvgIpc) is 2.77. The molecule has 2 nitrogen and oxygen atoms in total. The molecule has 15 heavy (non-hydrogen) atoms. The molecule has 0 saturated carbocycles. The highest BCUT2D eigenvalue weighted by molar-refractivity contribution is 5.63. The molecule has 0 amide bonds. The van der Waals surface area contributed by atoms with Crippen LogP contribution in [0.4, 0.5) is 0 Å². The molecule has 2 rings (SSSR count). The van der Waals surface area contributed by atoms with Gasteiger partial charge in [-0.2, -0.15) is 0 Å². The van der Waals surface area contributed by atoms with Gasteiger partial charge in [0.1, 0.15) is 11.5 Å². The van der Waals surface area contributed by atoms with Gasteiger partial charge in [-0.1, -0.05) is 30.8 Å². The van der Waals surface area contributed by atoms with Crippen molar-refractivity contribution in [2.75, 3.05) is 0 Å². The quantitative estimate of drug-likeness (QED) is 0.825. The maximum absolute atomic E-state index is 9.18. The van der Waals surface area contributed by atoms with Crippen LogP contribution in [0, 0.1) is 0 Å². The number of benzene rings is 1. The molecular weight excluding hydrogens is 188 g/mol. The summed E-state index contributed by atoms with van der Waals surface area (Å²) in [5.74, 6) is 1.49. The Kier molecular flexibility index (Phi) is 2.70. The van der Waals surface area contributed by atoms with Crippen LogP contribution in [0.5, 0.6) is 0 Å². The first-order chi connectivity index (χ1) is 7.35. The molecule has 0 aliphatic carbocycles. The zero-order valence-corrected chi connectivity index (χ0v) is 8.31. The fourth-order valence-electron chi connectivity index (χ4n) is 1.51. The van der Waals surface area contributed by atoms with E-state index < -0.39 is 0 Å². The lowest BCUT2D eigenvalue weighted by Crippen LogP contribution is -1.86. The van der Waals surface area contributed by atoms with Gasteiger partial charge in [0.2, 0.25) is 0 Å². The van der Waals surface area contributed by atoms with E-state index >= 15 is 0 Å². The Morgan fingerprint density at radius 3 is 2.67 bits per heavy atom. The molecule has 0 bridgehead atoms. The molecule has 0 atom stereocenters. The van der Waals surface area contributed by atoms with Gasteiger partial charge in [-0.05, 0) is 23.8 Å². The summed E-state index contributed by atoms with van der Waals surface area (Å²) >= 11 is 0. The van der Waals surface area contributed by atoms with Crippen LogP contribution in [0.15, 0.2) is 47.4 Å². The van der Waals surface area contributed by atoms with Crippen LogP contribution >= 0.6 is 0 Å². The lowest BCUT2D eigenvalue weighted by molar-refractivity contribution is 0.282. The first-order valence-corrected chi connectivity index (χ1v) is 4.76. The topological polar surface area (TPSA) is 33.4 Å². The summed E-state index contributed by atoms with van der Waals surface area (Å²) in [6.45, 7) is 3.65. The van der Waals surface area contributed by atoms with Crippen molar-refractivity contribution in [2.45, 2.75) is 6.61 Å². The van der Waals surface area contributed by atoms with Gasteiger partial charge in [-0.3, -0.25) is 0 Å². The van der Waals surface area contributed by atoms with Gasteiger partial charge >= 0.3 is 0 Å². The Labute approximate surface area is 88.5 Å². The summed E-state index contributed by atoms with van der Waals surface area (Å²) in [4.78, 5) is 0. The van der Waals surface area contributed by atoms with Gasteiger partial charge in [-0.15, -0.1) is 0 Å². The molecule has 0 aliphatic heterocycles. The minimum Gasteiger partial charge on any atom is -0.457 e. The summed E-state index contributed by atoms with van der Waals surface area (Å²) in [7, 11) is 0. The van der Waals surface area contributed by atoms with Crippen molar-refractivity contribution in [3.05, 3.63) is 54.3 Å². The second-order valence-electron chi connectivity index (χ2n) is 3.22. The summed E-state index contributed by atoms with van der Waals surface area (Å²) in [5, 5.41) is 9.18. The largest absolute Gasteiger partial charge is 0.457 e. The molecule has 1 heterocycles. The highest BCUT2D eigenvalue weighted by atomic mass is 16.3. The van der Waals surface area contributed by atoms with E-state index in [0.717, 1.165) is 22.6 Å². The molecule has 0 spiro atoms. The Morgan fingerprint density at radius 2 is 2.00 bits per heavy atom. The minimum absolute atomic E-state index is 0.0142. The summed E-state index contributed by atoms with van der Waals surface area (Å²) in [6, 6.07) is 11.4. The number of hydrogen-bond donors (Lipinski definition) is 1. The van der Waals surface area contributed by atoms with E-state index in [1.807, 2.05) is 36.4 Å². The van der Waals surface area contributed by atoms with Crippen molar-refractivity contribution in [3.8, 4) is 11.3 Å². The second-order valence-corrected chi connectivity index (χ2v) is 3.22. The molecule has 2 aromatic rings. The Hall–Kier alpha value is -1.80. The van der Waals surface area contributed by atoms with Crippen LogP contribution < -0.4 is 0 Å². The zero-order valence-electron chi connectivity index (χ0n) is 8.31. The van der Waals surface area contributed by atoms with Gasteiger partial charge in [0.25, 0.3) is 0 Å². The number of aliphatic hydroxyl groups is 1. The van der Waals surface area contributed by atoms with Crippen LogP contribution in [-0.2, 0) is 6.61 Å². The second kappa shape index (κ2) is 4.15. The maximum Gasteiger partial charge on any atom is 0.135 e. The number of rotatable bonds is 3. The van der Waals surface area contributed by atoms with E-state index in [4.69, 9.17) is 4.42 Å². The number of furan rings is 1. The Morgan fingerprint density at radius 1 is 1.20 bits per heavy atom. The van der Waals surface area contributed by atoms with Crippen molar-refractivity contribution >= 4 is 6.08 Å². The molecular formula is C13H12O2. The van der Waals surface area contributed by atoms with E-state index in [9.17, 15) is 5.11 Å². The molecule has 1 N–H and O–H groups in total.